The first kappa shape index (κ1) is 9.03. The second-order valence-electron chi connectivity index (χ2n) is 2.98. The van der Waals surface area contributed by atoms with Crippen LogP contribution in [0, 0.1) is 0 Å². The van der Waals surface area contributed by atoms with Crippen LogP contribution in [-0.4, -0.2) is 24.4 Å². The highest BCUT2D eigenvalue weighted by molar-refractivity contribution is 5.94. The lowest BCUT2D eigenvalue weighted by Crippen LogP contribution is -2.55. The molecular formula is C8H14N2O2. The topological polar surface area (TPSA) is 58.2 Å². The summed E-state index contributed by atoms with van der Waals surface area (Å²) in [6, 6.07) is -0.300. The number of carbonyl (C=O) groups excluding carboxylic acids is 2. The molecule has 1 heterocycles. The van der Waals surface area contributed by atoms with Crippen LogP contribution in [0.15, 0.2) is 0 Å². The third-order valence-corrected chi connectivity index (χ3v) is 1.92. The molecule has 2 N–H and O–H groups in total. The molecule has 4 heteroatoms. The number of hydrogen-bond donors (Lipinski definition) is 2. The van der Waals surface area contributed by atoms with Crippen LogP contribution in [0.3, 0.4) is 0 Å². The molecule has 68 valence electrons. The van der Waals surface area contributed by atoms with Crippen molar-refractivity contribution in [1.82, 2.24) is 10.6 Å². The van der Waals surface area contributed by atoms with Gasteiger partial charge in [-0.05, 0) is 6.42 Å². The minimum absolute atomic E-state index is 0.0527. The van der Waals surface area contributed by atoms with Gasteiger partial charge in [0.1, 0.15) is 6.04 Å². The molecule has 1 rings (SSSR count). The lowest BCUT2D eigenvalue weighted by atomic mass is 10.1. The first-order chi connectivity index (χ1) is 5.74. The van der Waals surface area contributed by atoms with Gasteiger partial charge in [0.05, 0.1) is 6.54 Å². The van der Waals surface area contributed by atoms with Gasteiger partial charge in [-0.15, -0.1) is 0 Å². The molecule has 0 aromatic carbocycles. The molecule has 1 saturated heterocycles. The molecule has 1 unspecified atom stereocenters. The van der Waals surface area contributed by atoms with Gasteiger partial charge in [-0.3, -0.25) is 9.59 Å². The molecule has 1 fully saturated rings. The fraction of sp³-hybridized carbons (Fsp3) is 0.750. The van der Waals surface area contributed by atoms with Gasteiger partial charge in [-0.25, -0.2) is 0 Å². The number of unbranched alkanes of at least 4 members (excludes halogenated alkanes) is 1. The van der Waals surface area contributed by atoms with Crippen LogP contribution in [0.2, 0.25) is 0 Å². The molecule has 0 spiro atoms. The SMILES string of the molecule is CCCCC1NC(=O)CNC1=O. The summed E-state index contributed by atoms with van der Waals surface area (Å²) in [7, 11) is 0. The van der Waals surface area contributed by atoms with Crippen LogP contribution in [0.25, 0.3) is 0 Å². The predicted molar refractivity (Wildman–Crippen MR) is 44.5 cm³/mol. The van der Waals surface area contributed by atoms with Crippen molar-refractivity contribution < 1.29 is 9.59 Å². The van der Waals surface area contributed by atoms with Crippen molar-refractivity contribution >= 4 is 11.8 Å². The molecule has 1 aliphatic rings. The largest absolute Gasteiger partial charge is 0.345 e. The van der Waals surface area contributed by atoms with Crippen molar-refractivity contribution in [2.45, 2.75) is 32.2 Å². The van der Waals surface area contributed by atoms with E-state index in [2.05, 4.69) is 17.6 Å². The third-order valence-electron chi connectivity index (χ3n) is 1.92. The van der Waals surface area contributed by atoms with Crippen molar-refractivity contribution in [3.8, 4) is 0 Å². The Bertz CT molecular complexity index is 191. The maximum absolute atomic E-state index is 11.1. The number of nitrogens with one attached hydrogen (secondary N) is 2. The molecule has 1 atom stereocenters. The number of piperazine rings is 1. The van der Waals surface area contributed by atoms with Gasteiger partial charge in [-0.2, -0.15) is 0 Å². The fourth-order valence-corrected chi connectivity index (χ4v) is 1.21. The summed E-state index contributed by atoms with van der Waals surface area (Å²) in [4.78, 5) is 22.0. The zero-order valence-electron chi connectivity index (χ0n) is 7.22. The highest BCUT2D eigenvalue weighted by Crippen LogP contribution is 2.02. The minimum atomic E-state index is -0.300. The molecule has 0 aliphatic carbocycles. The average molecular weight is 170 g/mol. The third kappa shape index (κ3) is 2.22. The zero-order chi connectivity index (χ0) is 8.97. The quantitative estimate of drug-likeness (QED) is 0.615. The first-order valence-corrected chi connectivity index (χ1v) is 4.31. The van der Waals surface area contributed by atoms with Crippen molar-refractivity contribution in [2.75, 3.05) is 6.54 Å². The molecule has 0 radical (unpaired) electrons. The Labute approximate surface area is 71.7 Å². The second-order valence-corrected chi connectivity index (χ2v) is 2.98. The molecule has 0 saturated carbocycles. The van der Waals surface area contributed by atoms with E-state index in [1.165, 1.54) is 0 Å². The van der Waals surface area contributed by atoms with Crippen LogP contribution in [-0.2, 0) is 9.59 Å². The maximum Gasteiger partial charge on any atom is 0.243 e. The van der Waals surface area contributed by atoms with Gasteiger partial charge in [-0.1, -0.05) is 19.8 Å². The van der Waals surface area contributed by atoms with Crippen molar-refractivity contribution in [2.24, 2.45) is 0 Å². The van der Waals surface area contributed by atoms with Gasteiger partial charge >= 0.3 is 0 Å². The Morgan fingerprint density at radius 3 is 2.92 bits per heavy atom. The second kappa shape index (κ2) is 4.09. The monoisotopic (exact) mass is 170 g/mol. The van der Waals surface area contributed by atoms with Gasteiger partial charge in [0, 0.05) is 0 Å². The summed E-state index contributed by atoms with van der Waals surface area (Å²) in [5, 5.41) is 5.19. The Kier molecular flexibility index (Phi) is 3.08. The van der Waals surface area contributed by atoms with Gasteiger partial charge < -0.3 is 10.6 Å². The normalized spacial score (nSPS) is 23.2. The van der Waals surface area contributed by atoms with Crippen molar-refractivity contribution in [1.29, 1.82) is 0 Å². The number of carbonyl (C=O) groups is 2. The van der Waals surface area contributed by atoms with Crippen LogP contribution >= 0.6 is 0 Å². The summed E-state index contributed by atoms with van der Waals surface area (Å²) >= 11 is 0. The minimum Gasteiger partial charge on any atom is -0.345 e. The number of hydrogen-bond acceptors (Lipinski definition) is 2. The summed E-state index contributed by atoms with van der Waals surface area (Å²) in [6.45, 7) is 2.18. The van der Waals surface area contributed by atoms with E-state index < -0.39 is 0 Å². The first-order valence-electron chi connectivity index (χ1n) is 4.31. The lowest BCUT2D eigenvalue weighted by molar-refractivity contribution is -0.133. The molecule has 12 heavy (non-hydrogen) atoms. The van der Waals surface area contributed by atoms with E-state index in [0.717, 1.165) is 19.3 Å². The van der Waals surface area contributed by atoms with E-state index in [9.17, 15) is 9.59 Å². The van der Waals surface area contributed by atoms with Crippen molar-refractivity contribution in [3.05, 3.63) is 0 Å². The highest BCUT2D eigenvalue weighted by Gasteiger charge is 2.24. The standard InChI is InChI=1S/C8H14N2O2/c1-2-3-4-6-8(12)9-5-7(11)10-6/h6H,2-5H2,1H3,(H,9,12)(H,10,11). The van der Waals surface area contributed by atoms with Crippen LogP contribution in [0.4, 0.5) is 0 Å². The van der Waals surface area contributed by atoms with E-state index in [-0.39, 0.29) is 24.4 Å². The van der Waals surface area contributed by atoms with Gasteiger partial charge in [0.25, 0.3) is 0 Å². The summed E-state index contributed by atoms with van der Waals surface area (Å²) in [5.74, 6) is -0.140. The molecule has 0 bridgehead atoms. The predicted octanol–water partition coefficient (Wildman–Crippen LogP) is -0.209. The lowest BCUT2D eigenvalue weighted by Gasteiger charge is -2.22. The van der Waals surface area contributed by atoms with Gasteiger partial charge in [0.2, 0.25) is 11.8 Å². The Morgan fingerprint density at radius 2 is 2.25 bits per heavy atom. The summed E-state index contributed by atoms with van der Waals surface area (Å²) in [6.07, 6.45) is 2.76. The Balaban J connectivity index is 2.38. The van der Waals surface area contributed by atoms with Crippen LogP contribution < -0.4 is 10.6 Å². The van der Waals surface area contributed by atoms with E-state index in [1.807, 2.05) is 0 Å². The Morgan fingerprint density at radius 1 is 1.50 bits per heavy atom. The van der Waals surface area contributed by atoms with E-state index >= 15 is 0 Å². The van der Waals surface area contributed by atoms with Crippen LogP contribution in [0.5, 0.6) is 0 Å². The molecule has 0 aromatic heterocycles. The summed E-state index contributed by atoms with van der Waals surface area (Å²) < 4.78 is 0. The molecule has 2 amide bonds. The van der Waals surface area contributed by atoms with Crippen molar-refractivity contribution in [3.63, 3.8) is 0 Å². The molecule has 1 aliphatic heterocycles. The summed E-state index contributed by atoms with van der Waals surface area (Å²) in [5.41, 5.74) is 0. The van der Waals surface area contributed by atoms with E-state index in [4.69, 9.17) is 0 Å². The average Bonchev–Trinajstić information content (AvgIpc) is 2.07. The Hall–Kier alpha value is -1.06. The zero-order valence-corrected chi connectivity index (χ0v) is 7.22. The van der Waals surface area contributed by atoms with E-state index in [0.29, 0.717) is 0 Å². The van der Waals surface area contributed by atoms with Gasteiger partial charge in [0.15, 0.2) is 0 Å². The molecule has 0 aromatic rings. The van der Waals surface area contributed by atoms with E-state index in [1.54, 1.807) is 0 Å². The molecule has 4 nitrogen and oxygen atoms in total. The maximum atomic E-state index is 11.1. The fourth-order valence-electron chi connectivity index (χ4n) is 1.21. The number of rotatable bonds is 3. The number of amides is 2. The highest BCUT2D eigenvalue weighted by atomic mass is 16.2. The smallest absolute Gasteiger partial charge is 0.243 e. The molecular weight excluding hydrogens is 156 g/mol. The van der Waals surface area contributed by atoms with Crippen LogP contribution in [0.1, 0.15) is 26.2 Å².